The number of thiazole rings is 1. The first-order valence-corrected chi connectivity index (χ1v) is 10.3. The molecule has 152 valence electrons. The van der Waals surface area contributed by atoms with Crippen LogP contribution in [0.25, 0.3) is 6.08 Å². The van der Waals surface area contributed by atoms with Gasteiger partial charge in [-0.3, -0.25) is 14.5 Å². The third kappa shape index (κ3) is 3.84. The van der Waals surface area contributed by atoms with Crippen molar-refractivity contribution in [2.24, 2.45) is 0 Å². The van der Waals surface area contributed by atoms with E-state index in [0.717, 1.165) is 16.8 Å². The molecule has 1 aromatic heterocycles. The molecule has 0 saturated carbocycles. The zero-order chi connectivity index (χ0) is 21.3. The van der Waals surface area contributed by atoms with Crippen LogP contribution in [-0.2, 0) is 4.79 Å². The number of benzene rings is 2. The maximum atomic E-state index is 12.5. The molecule has 7 heteroatoms. The average Bonchev–Trinajstić information content (AvgIpc) is 3.38. The Kier molecular flexibility index (Phi) is 5.37. The van der Waals surface area contributed by atoms with Crippen molar-refractivity contribution in [3.05, 3.63) is 70.2 Å². The third-order valence-corrected chi connectivity index (χ3v) is 5.74. The number of allylic oxidation sites excluding steroid dienone is 1. The van der Waals surface area contributed by atoms with Gasteiger partial charge in [0.15, 0.2) is 22.4 Å². The second kappa shape index (κ2) is 8.12. The third-order valence-electron chi connectivity index (χ3n) is 4.90. The second-order valence-electron chi connectivity index (χ2n) is 6.89. The van der Waals surface area contributed by atoms with Gasteiger partial charge in [0.05, 0.1) is 11.4 Å². The van der Waals surface area contributed by atoms with Crippen LogP contribution in [0.4, 0.5) is 10.8 Å². The SMILES string of the molecule is CC(=O)N(c1nc(C=CC(=O)c2ccc3c(c2)OCO3)cs1)c1cccc(C)c1C. The number of amides is 1. The van der Waals surface area contributed by atoms with Gasteiger partial charge >= 0.3 is 0 Å². The largest absolute Gasteiger partial charge is 0.454 e. The highest BCUT2D eigenvalue weighted by Crippen LogP contribution is 2.34. The highest BCUT2D eigenvalue weighted by Gasteiger charge is 2.20. The van der Waals surface area contributed by atoms with Gasteiger partial charge < -0.3 is 9.47 Å². The van der Waals surface area contributed by atoms with Crippen molar-refractivity contribution in [1.82, 2.24) is 4.98 Å². The van der Waals surface area contributed by atoms with E-state index in [1.807, 2.05) is 37.4 Å². The maximum Gasteiger partial charge on any atom is 0.231 e. The monoisotopic (exact) mass is 420 g/mol. The first-order chi connectivity index (χ1) is 14.4. The predicted molar refractivity (Wildman–Crippen MR) is 117 cm³/mol. The van der Waals surface area contributed by atoms with Gasteiger partial charge in [0, 0.05) is 17.9 Å². The molecule has 0 fully saturated rings. The Morgan fingerprint density at radius 1 is 1.13 bits per heavy atom. The Morgan fingerprint density at radius 2 is 1.93 bits per heavy atom. The number of ether oxygens (including phenoxy) is 2. The van der Waals surface area contributed by atoms with Gasteiger partial charge in [0.1, 0.15) is 0 Å². The maximum absolute atomic E-state index is 12.5. The molecular weight excluding hydrogens is 400 g/mol. The van der Waals surface area contributed by atoms with Crippen LogP contribution in [0.2, 0.25) is 0 Å². The molecular formula is C23H20N2O4S. The zero-order valence-corrected chi connectivity index (χ0v) is 17.7. The molecule has 0 bridgehead atoms. The number of fused-ring (bicyclic) bond motifs is 1. The lowest BCUT2D eigenvalue weighted by atomic mass is 10.1. The minimum atomic E-state index is -0.166. The van der Waals surface area contributed by atoms with E-state index in [1.165, 1.54) is 24.3 Å². The van der Waals surface area contributed by atoms with Crippen molar-refractivity contribution in [2.45, 2.75) is 20.8 Å². The van der Waals surface area contributed by atoms with Gasteiger partial charge in [-0.25, -0.2) is 4.98 Å². The molecule has 0 aliphatic carbocycles. The van der Waals surface area contributed by atoms with Crippen LogP contribution in [0.1, 0.15) is 34.1 Å². The Labute approximate surface area is 178 Å². The molecule has 1 aliphatic heterocycles. The van der Waals surface area contributed by atoms with Crippen LogP contribution >= 0.6 is 11.3 Å². The zero-order valence-electron chi connectivity index (χ0n) is 16.8. The molecule has 2 heterocycles. The van der Waals surface area contributed by atoms with Gasteiger partial charge in [-0.1, -0.05) is 12.1 Å². The molecule has 4 rings (SSSR count). The van der Waals surface area contributed by atoms with E-state index in [0.29, 0.717) is 27.9 Å². The van der Waals surface area contributed by atoms with E-state index in [-0.39, 0.29) is 18.5 Å². The van der Waals surface area contributed by atoms with E-state index in [2.05, 4.69) is 4.98 Å². The summed E-state index contributed by atoms with van der Waals surface area (Å²) in [4.78, 5) is 31.0. The number of carbonyl (C=O) groups excluding carboxylic acids is 2. The van der Waals surface area contributed by atoms with Crippen molar-refractivity contribution >= 4 is 39.9 Å². The Morgan fingerprint density at radius 3 is 2.73 bits per heavy atom. The number of rotatable bonds is 5. The second-order valence-corrected chi connectivity index (χ2v) is 7.73. The molecule has 2 aromatic carbocycles. The molecule has 0 saturated heterocycles. The van der Waals surface area contributed by atoms with E-state index in [1.54, 1.807) is 29.2 Å². The molecule has 0 N–H and O–H groups in total. The van der Waals surface area contributed by atoms with Crippen LogP contribution in [-0.4, -0.2) is 23.5 Å². The van der Waals surface area contributed by atoms with Gasteiger partial charge in [0.25, 0.3) is 0 Å². The van der Waals surface area contributed by atoms with Crippen molar-refractivity contribution in [2.75, 3.05) is 11.7 Å². The summed E-state index contributed by atoms with van der Waals surface area (Å²) >= 11 is 1.35. The minimum Gasteiger partial charge on any atom is -0.454 e. The molecule has 0 radical (unpaired) electrons. The number of carbonyl (C=O) groups is 2. The van der Waals surface area contributed by atoms with E-state index in [4.69, 9.17) is 9.47 Å². The molecule has 0 atom stereocenters. The normalized spacial score (nSPS) is 12.4. The number of nitrogens with zero attached hydrogens (tertiary/aromatic N) is 2. The molecule has 3 aromatic rings. The standard InChI is InChI=1S/C23H20N2O4S/c1-14-5-4-6-19(15(14)2)25(16(3)26)23-24-18(12-30-23)8-9-20(27)17-7-10-21-22(11-17)29-13-28-21/h4-12H,13H2,1-3H3. The van der Waals surface area contributed by atoms with Gasteiger partial charge in [-0.15, -0.1) is 11.3 Å². The van der Waals surface area contributed by atoms with Crippen molar-refractivity contribution in [3.8, 4) is 11.5 Å². The smallest absolute Gasteiger partial charge is 0.231 e. The lowest BCUT2D eigenvalue weighted by Gasteiger charge is -2.21. The first-order valence-electron chi connectivity index (χ1n) is 9.38. The average molecular weight is 420 g/mol. The highest BCUT2D eigenvalue weighted by molar-refractivity contribution is 7.14. The topological polar surface area (TPSA) is 68.7 Å². The number of aromatic nitrogens is 1. The fraction of sp³-hybridized carbons (Fsp3) is 0.174. The van der Waals surface area contributed by atoms with Crippen LogP contribution < -0.4 is 14.4 Å². The van der Waals surface area contributed by atoms with Crippen LogP contribution in [0.3, 0.4) is 0 Å². The van der Waals surface area contributed by atoms with E-state index < -0.39 is 0 Å². The lowest BCUT2D eigenvalue weighted by Crippen LogP contribution is -2.23. The first kappa shape index (κ1) is 19.8. The van der Waals surface area contributed by atoms with Gasteiger partial charge in [-0.2, -0.15) is 0 Å². The number of anilines is 2. The predicted octanol–water partition coefficient (Wildman–Crippen LogP) is 5.07. The fourth-order valence-electron chi connectivity index (χ4n) is 3.15. The Hall–Kier alpha value is -3.45. The van der Waals surface area contributed by atoms with Crippen molar-refractivity contribution in [3.63, 3.8) is 0 Å². The van der Waals surface area contributed by atoms with E-state index in [9.17, 15) is 9.59 Å². The summed E-state index contributed by atoms with van der Waals surface area (Å²) in [7, 11) is 0. The molecule has 0 spiro atoms. The minimum absolute atomic E-state index is 0.120. The highest BCUT2D eigenvalue weighted by atomic mass is 32.1. The summed E-state index contributed by atoms with van der Waals surface area (Å²) in [6.07, 6.45) is 3.11. The molecule has 6 nitrogen and oxygen atoms in total. The molecule has 1 amide bonds. The molecule has 0 unspecified atom stereocenters. The molecule has 1 aliphatic rings. The summed E-state index contributed by atoms with van der Waals surface area (Å²) < 4.78 is 10.6. The summed E-state index contributed by atoms with van der Waals surface area (Å²) in [5, 5.41) is 2.38. The van der Waals surface area contributed by atoms with Gasteiger partial charge in [0.2, 0.25) is 12.7 Å². The summed E-state index contributed by atoms with van der Waals surface area (Å²) in [6.45, 7) is 5.67. The lowest BCUT2D eigenvalue weighted by molar-refractivity contribution is -0.115. The Bertz CT molecular complexity index is 1170. The van der Waals surface area contributed by atoms with Crippen LogP contribution in [0.15, 0.2) is 47.9 Å². The van der Waals surface area contributed by atoms with E-state index >= 15 is 0 Å². The number of ketones is 1. The van der Waals surface area contributed by atoms with Crippen molar-refractivity contribution < 1.29 is 19.1 Å². The van der Waals surface area contributed by atoms with Gasteiger partial charge in [-0.05, 0) is 61.4 Å². The van der Waals surface area contributed by atoms with Crippen LogP contribution in [0.5, 0.6) is 11.5 Å². The van der Waals surface area contributed by atoms with Crippen molar-refractivity contribution in [1.29, 1.82) is 0 Å². The van der Waals surface area contributed by atoms with Crippen LogP contribution in [0, 0.1) is 13.8 Å². The number of aryl methyl sites for hydroxylation is 1. The summed E-state index contributed by atoms with van der Waals surface area (Å²) in [5.41, 5.74) is 4.05. The summed E-state index contributed by atoms with van der Waals surface area (Å²) in [6, 6.07) is 10.9. The quantitative estimate of drug-likeness (QED) is 0.426. The Balaban J connectivity index is 1.56. The number of hydrogen-bond acceptors (Lipinski definition) is 6. The number of hydrogen-bond donors (Lipinski definition) is 0. The fourth-order valence-corrected chi connectivity index (χ4v) is 4.00. The summed E-state index contributed by atoms with van der Waals surface area (Å²) in [5.74, 6) is 0.914. The molecule has 30 heavy (non-hydrogen) atoms.